The number of hydrogen-bond donors (Lipinski definition) is 1. The van der Waals surface area contributed by atoms with E-state index < -0.39 is 0 Å². The van der Waals surface area contributed by atoms with Gasteiger partial charge in [-0.3, -0.25) is 0 Å². The predicted octanol–water partition coefficient (Wildman–Crippen LogP) is 3.25. The molecule has 3 nitrogen and oxygen atoms in total. The number of nitrogens with zero attached hydrogens (tertiary/aromatic N) is 2. The Bertz CT molecular complexity index is 437. The van der Waals surface area contributed by atoms with Crippen molar-refractivity contribution < 1.29 is 0 Å². The molecule has 0 aliphatic rings. The maximum Gasteiger partial charge on any atom is 0.179 e. The highest BCUT2D eigenvalue weighted by molar-refractivity contribution is 9.14. The first-order valence-corrected chi connectivity index (χ1v) is 5.41. The number of aromatic nitrogens is 3. The molecule has 0 unspecified atom stereocenters. The maximum absolute atomic E-state index is 4.19. The Morgan fingerprint density at radius 2 is 1.92 bits per heavy atom. The van der Waals surface area contributed by atoms with Crippen molar-refractivity contribution in [2.75, 3.05) is 0 Å². The van der Waals surface area contributed by atoms with Gasteiger partial charge in [0, 0.05) is 0 Å². The topological polar surface area (TPSA) is 41.6 Å². The van der Waals surface area contributed by atoms with Gasteiger partial charge in [-0.15, -0.1) is 0 Å². The number of rotatable bonds is 0. The van der Waals surface area contributed by atoms with E-state index in [0.29, 0.717) is 5.65 Å². The summed E-state index contributed by atoms with van der Waals surface area (Å²) < 4.78 is 2.56. The molecule has 2 heterocycles. The molecule has 0 aliphatic carbocycles. The van der Waals surface area contributed by atoms with Crippen molar-refractivity contribution in [1.29, 1.82) is 0 Å². The first-order chi connectivity index (χ1) is 5.70. The largest absolute Gasteiger partial charge is 0.342 e. The van der Waals surface area contributed by atoms with Gasteiger partial charge in [0.25, 0.3) is 0 Å². The highest BCUT2D eigenvalue weighted by Crippen LogP contribution is 2.33. The molecule has 0 radical (unpaired) electrons. The molecule has 62 valence electrons. The van der Waals surface area contributed by atoms with E-state index in [2.05, 4.69) is 62.7 Å². The van der Waals surface area contributed by atoms with Crippen LogP contribution in [0.25, 0.3) is 11.2 Å². The third-order valence-electron chi connectivity index (χ3n) is 1.42. The molecule has 0 amide bonds. The summed E-state index contributed by atoms with van der Waals surface area (Å²) in [6.07, 6.45) is 1.61. The lowest BCUT2D eigenvalue weighted by Gasteiger charge is -1.98. The SMILES string of the molecule is Brc1nc2nc[nH]c2c(Br)c1Br. The summed E-state index contributed by atoms with van der Waals surface area (Å²) >= 11 is 10.1. The zero-order valence-electron chi connectivity index (χ0n) is 5.61. The van der Waals surface area contributed by atoms with E-state index in [-0.39, 0.29) is 0 Å². The van der Waals surface area contributed by atoms with E-state index in [9.17, 15) is 0 Å². The van der Waals surface area contributed by atoms with Gasteiger partial charge in [0.1, 0.15) is 10.1 Å². The minimum Gasteiger partial charge on any atom is -0.342 e. The fourth-order valence-electron chi connectivity index (χ4n) is 0.876. The minimum absolute atomic E-state index is 0.692. The Balaban J connectivity index is 2.94. The third kappa shape index (κ3) is 1.22. The smallest absolute Gasteiger partial charge is 0.179 e. The molecule has 0 fully saturated rings. The van der Waals surface area contributed by atoms with E-state index in [1.54, 1.807) is 6.33 Å². The van der Waals surface area contributed by atoms with Crippen molar-refractivity contribution in [2.24, 2.45) is 0 Å². The second kappa shape index (κ2) is 3.08. The third-order valence-corrected chi connectivity index (χ3v) is 4.62. The van der Waals surface area contributed by atoms with Gasteiger partial charge in [0.05, 0.1) is 15.3 Å². The summed E-state index contributed by atoms with van der Waals surface area (Å²) in [7, 11) is 0. The Hall–Kier alpha value is 0.0600. The molecular weight excluding hydrogens is 354 g/mol. The van der Waals surface area contributed by atoms with Crippen LogP contribution in [0.3, 0.4) is 0 Å². The van der Waals surface area contributed by atoms with Crippen LogP contribution in [0, 0.1) is 0 Å². The highest BCUT2D eigenvalue weighted by Gasteiger charge is 2.10. The molecular formula is C6H2Br3N3. The first kappa shape index (κ1) is 8.65. The second-order valence-corrected chi connectivity index (χ2v) is 4.47. The van der Waals surface area contributed by atoms with Crippen molar-refractivity contribution in [1.82, 2.24) is 15.0 Å². The van der Waals surface area contributed by atoms with Crippen molar-refractivity contribution >= 4 is 59.0 Å². The van der Waals surface area contributed by atoms with Crippen LogP contribution in [0.1, 0.15) is 0 Å². The predicted molar refractivity (Wildman–Crippen MR) is 57.0 cm³/mol. The molecule has 2 rings (SSSR count). The number of hydrogen-bond acceptors (Lipinski definition) is 2. The van der Waals surface area contributed by atoms with E-state index >= 15 is 0 Å². The highest BCUT2D eigenvalue weighted by atomic mass is 79.9. The fraction of sp³-hybridized carbons (Fsp3) is 0. The van der Waals surface area contributed by atoms with E-state index in [1.165, 1.54) is 0 Å². The van der Waals surface area contributed by atoms with Gasteiger partial charge in [0.15, 0.2) is 5.65 Å². The molecule has 6 heteroatoms. The normalized spacial score (nSPS) is 10.9. The average Bonchev–Trinajstić information content (AvgIpc) is 2.48. The number of H-pyrrole nitrogens is 1. The first-order valence-electron chi connectivity index (χ1n) is 3.03. The fourth-order valence-corrected chi connectivity index (χ4v) is 2.27. The van der Waals surface area contributed by atoms with Crippen LogP contribution in [0.15, 0.2) is 19.9 Å². The molecule has 0 atom stereocenters. The average molecular weight is 356 g/mol. The standard InChI is InChI=1S/C6H2Br3N3/c7-2-3(8)5(9)12-6-4(2)10-1-11-6/h1H,(H,10,11,12). The summed E-state index contributed by atoms with van der Waals surface area (Å²) in [6, 6.07) is 0. The molecule has 0 saturated carbocycles. The minimum atomic E-state index is 0.692. The van der Waals surface area contributed by atoms with Crippen molar-refractivity contribution in [3.63, 3.8) is 0 Å². The molecule has 0 saturated heterocycles. The lowest BCUT2D eigenvalue weighted by molar-refractivity contribution is 1.26. The molecule has 0 bridgehead atoms. The van der Waals surface area contributed by atoms with E-state index in [4.69, 9.17) is 0 Å². The summed E-state index contributed by atoms with van der Waals surface area (Å²) in [4.78, 5) is 11.2. The van der Waals surface area contributed by atoms with Gasteiger partial charge < -0.3 is 4.98 Å². The summed E-state index contributed by atoms with van der Waals surface area (Å²) in [6.45, 7) is 0. The van der Waals surface area contributed by atoms with Gasteiger partial charge >= 0.3 is 0 Å². The molecule has 0 aromatic carbocycles. The molecule has 0 spiro atoms. The zero-order chi connectivity index (χ0) is 8.72. The number of pyridine rings is 1. The number of aromatic amines is 1. The Kier molecular flexibility index (Phi) is 2.22. The van der Waals surface area contributed by atoms with Crippen LogP contribution < -0.4 is 0 Å². The molecule has 2 aromatic heterocycles. The molecule has 1 N–H and O–H groups in total. The van der Waals surface area contributed by atoms with Crippen LogP contribution >= 0.6 is 47.8 Å². The quantitative estimate of drug-likeness (QED) is 0.737. The van der Waals surface area contributed by atoms with Crippen LogP contribution in [0.5, 0.6) is 0 Å². The van der Waals surface area contributed by atoms with E-state index in [1.807, 2.05) is 0 Å². The van der Waals surface area contributed by atoms with Crippen LogP contribution in [0.2, 0.25) is 0 Å². The second-order valence-electron chi connectivity index (χ2n) is 2.13. The van der Waals surface area contributed by atoms with Crippen molar-refractivity contribution in [3.8, 4) is 0 Å². The summed E-state index contributed by atoms with van der Waals surface area (Å²) in [5.41, 5.74) is 1.59. The lowest BCUT2D eigenvalue weighted by Crippen LogP contribution is -1.83. The number of halogens is 3. The Morgan fingerprint density at radius 1 is 1.17 bits per heavy atom. The van der Waals surface area contributed by atoms with Gasteiger partial charge in [-0.05, 0) is 47.8 Å². The Morgan fingerprint density at radius 3 is 2.67 bits per heavy atom. The van der Waals surface area contributed by atoms with Gasteiger partial charge in [-0.25, -0.2) is 9.97 Å². The maximum atomic E-state index is 4.19. The van der Waals surface area contributed by atoms with Crippen molar-refractivity contribution in [2.45, 2.75) is 0 Å². The van der Waals surface area contributed by atoms with Crippen LogP contribution in [-0.2, 0) is 0 Å². The van der Waals surface area contributed by atoms with Gasteiger partial charge in [-0.1, -0.05) is 0 Å². The number of nitrogens with one attached hydrogen (secondary N) is 1. The number of imidazole rings is 1. The van der Waals surface area contributed by atoms with Gasteiger partial charge in [-0.2, -0.15) is 0 Å². The van der Waals surface area contributed by atoms with E-state index in [0.717, 1.165) is 19.1 Å². The summed E-state index contributed by atoms with van der Waals surface area (Å²) in [5.74, 6) is 0. The van der Waals surface area contributed by atoms with Crippen LogP contribution in [-0.4, -0.2) is 15.0 Å². The van der Waals surface area contributed by atoms with Crippen molar-refractivity contribution in [3.05, 3.63) is 19.9 Å². The van der Waals surface area contributed by atoms with Crippen LogP contribution in [0.4, 0.5) is 0 Å². The molecule has 0 aliphatic heterocycles. The molecule has 2 aromatic rings. The van der Waals surface area contributed by atoms with Gasteiger partial charge in [0.2, 0.25) is 0 Å². The molecule has 12 heavy (non-hydrogen) atoms. The Labute approximate surface area is 93.4 Å². The monoisotopic (exact) mass is 353 g/mol. The zero-order valence-corrected chi connectivity index (χ0v) is 10.4. The summed E-state index contributed by atoms with van der Waals surface area (Å²) in [5, 5.41) is 0. The number of fused-ring (bicyclic) bond motifs is 1. The lowest BCUT2D eigenvalue weighted by atomic mass is 10.4.